The summed E-state index contributed by atoms with van der Waals surface area (Å²) in [7, 11) is 1.74. The van der Waals surface area contributed by atoms with Gasteiger partial charge in [0.05, 0.1) is 11.9 Å². The highest BCUT2D eigenvalue weighted by Gasteiger charge is 2.10. The summed E-state index contributed by atoms with van der Waals surface area (Å²) in [5, 5.41) is 1.64. The van der Waals surface area contributed by atoms with Crippen LogP contribution in [0.25, 0.3) is 22.2 Å². The summed E-state index contributed by atoms with van der Waals surface area (Å²) in [5.41, 5.74) is 1.78. The number of hydrogen-bond acceptors (Lipinski definition) is 3. The van der Waals surface area contributed by atoms with Crippen molar-refractivity contribution in [3.8, 4) is 11.5 Å². The van der Waals surface area contributed by atoms with Crippen LogP contribution in [0.4, 0.5) is 0 Å². The lowest BCUT2D eigenvalue weighted by atomic mass is 10.1. The molecule has 0 unspecified atom stereocenters. The van der Waals surface area contributed by atoms with Crippen LogP contribution < -0.4 is 5.56 Å². The van der Waals surface area contributed by atoms with Gasteiger partial charge in [-0.3, -0.25) is 4.79 Å². The lowest BCUT2D eigenvalue weighted by molar-refractivity contribution is 0.565. The molecule has 0 N–H and O–H groups in total. The Morgan fingerprint density at radius 2 is 2.11 bits per heavy atom. The molecule has 3 aromatic rings. The van der Waals surface area contributed by atoms with Crippen LogP contribution in [-0.4, -0.2) is 9.55 Å². The van der Waals surface area contributed by atoms with Gasteiger partial charge in [-0.15, -0.1) is 0 Å². The highest BCUT2D eigenvalue weighted by Crippen LogP contribution is 2.21. The van der Waals surface area contributed by atoms with Crippen molar-refractivity contribution in [2.24, 2.45) is 7.05 Å². The maximum atomic E-state index is 12.3. The third kappa shape index (κ3) is 1.54. The summed E-state index contributed by atoms with van der Waals surface area (Å²) in [4.78, 5) is 16.2. The maximum absolute atomic E-state index is 12.3. The molecule has 0 radical (unpaired) electrons. The monoisotopic (exact) mass is 240 g/mol. The molecule has 0 aliphatic carbocycles. The molecule has 0 saturated heterocycles. The summed E-state index contributed by atoms with van der Waals surface area (Å²) < 4.78 is 6.84. The van der Waals surface area contributed by atoms with E-state index in [0.717, 1.165) is 22.0 Å². The number of pyridine rings is 1. The van der Waals surface area contributed by atoms with Gasteiger partial charge in [-0.25, -0.2) is 4.98 Å². The van der Waals surface area contributed by atoms with E-state index in [9.17, 15) is 4.79 Å². The third-order valence-corrected chi connectivity index (χ3v) is 3.08. The fraction of sp³-hybridized carbons (Fsp3) is 0.143. The van der Waals surface area contributed by atoms with E-state index in [2.05, 4.69) is 4.98 Å². The second-order valence-electron chi connectivity index (χ2n) is 4.35. The number of fused-ring (bicyclic) bond motifs is 1. The molecule has 4 nitrogen and oxygen atoms in total. The number of aryl methyl sites for hydroxylation is 1. The van der Waals surface area contributed by atoms with Crippen molar-refractivity contribution in [1.29, 1.82) is 0 Å². The summed E-state index contributed by atoms with van der Waals surface area (Å²) in [6.45, 7) is 1.98. The molecular weight excluding hydrogens is 228 g/mol. The molecule has 90 valence electrons. The van der Waals surface area contributed by atoms with Crippen LogP contribution in [-0.2, 0) is 7.05 Å². The van der Waals surface area contributed by atoms with Crippen molar-refractivity contribution in [2.45, 2.75) is 6.92 Å². The molecule has 3 rings (SSSR count). The minimum atomic E-state index is -0.0254. The Labute approximate surface area is 104 Å². The molecule has 0 aliphatic heterocycles. The molecule has 1 aromatic carbocycles. The van der Waals surface area contributed by atoms with Crippen LogP contribution in [0, 0.1) is 6.92 Å². The van der Waals surface area contributed by atoms with E-state index >= 15 is 0 Å². The van der Waals surface area contributed by atoms with Crippen LogP contribution in [0.15, 0.2) is 46.1 Å². The van der Waals surface area contributed by atoms with E-state index in [1.54, 1.807) is 17.8 Å². The summed E-state index contributed by atoms with van der Waals surface area (Å²) in [6, 6.07) is 7.79. The Balaban J connectivity index is 2.40. The zero-order valence-electron chi connectivity index (χ0n) is 10.2. The number of nitrogens with zero attached hydrogens (tertiary/aromatic N) is 2. The lowest BCUT2D eigenvalue weighted by Crippen LogP contribution is -2.18. The van der Waals surface area contributed by atoms with Crippen LogP contribution in [0.2, 0.25) is 0 Å². The fourth-order valence-electron chi connectivity index (χ4n) is 2.09. The topological polar surface area (TPSA) is 48.0 Å². The molecule has 0 aliphatic rings. The van der Waals surface area contributed by atoms with Gasteiger partial charge in [0.15, 0.2) is 12.2 Å². The van der Waals surface area contributed by atoms with Gasteiger partial charge in [-0.2, -0.15) is 0 Å². The second-order valence-corrected chi connectivity index (χ2v) is 4.35. The Morgan fingerprint density at radius 3 is 2.83 bits per heavy atom. The van der Waals surface area contributed by atoms with Crippen molar-refractivity contribution in [2.75, 3.05) is 0 Å². The molecule has 0 saturated carbocycles. The third-order valence-electron chi connectivity index (χ3n) is 3.08. The zero-order valence-corrected chi connectivity index (χ0v) is 10.2. The summed E-state index contributed by atoms with van der Waals surface area (Å²) in [6.07, 6.45) is 2.97. The van der Waals surface area contributed by atoms with Crippen LogP contribution in [0.3, 0.4) is 0 Å². The lowest BCUT2D eigenvalue weighted by Gasteiger charge is -2.08. The minimum Gasteiger partial charge on any atom is -0.442 e. The van der Waals surface area contributed by atoms with Gasteiger partial charge >= 0.3 is 0 Å². The van der Waals surface area contributed by atoms with Crippen LogP contribution in [0.1, 0.15) is 5.56 Å². The first-order valence-corrected chi connectivity index (χ1v) is 5.66. The highest BCUT2D eigenvalue weighted by atomic mass is 16.3. The first-order valence-electron chi connectivity index (χ1n) is 5.66. The number of oxazole rings is 1. The Kier molecular flexibility index (Phi) is 2.30. The summed E-state index contributed by atoms with van der Waals surface area (Å²) in [5.74, 6) is 0.595. The predicted octanol–water partition coefficient (Wildman–Crippen LogP) is 2.50. The molecule has 4 heteroatoms. The molecule has 0 fully saturated rings. The van der Waals surface area contributed by atoms with Crippen molar-refractivity contribution >= 4 is 10.8 Å². The molecule has 0 amide bonds. The van der Waals surface area contributed by atoms with Gasteiger partial charge in [0.25, 0.3) is 5.56 Å². The van der Waals surface area contributed by atoms with Gasteiger partial charge in [0.1, 0.15) is 0 Å². The van der Waals surface area contributed by atoms with Gasteiger partial charge in [0, 0.05) is 12.4 Å². The Hall–Kier alpha value is -2.36. The molecule has 0 atom stereocenters. The first kappa shape index (κ1) is 10.8. The van der Waals surface area contributed by atoms with E-state index in [0.29, 0.717) is 5.76 Å². The number of aromatic nitrogens is 2. The highest BCUT2D eigenvalue weighted by molar-refractivity contribution is 5.85. The van der Waals surface area contributed by atoms with Crippen molar-refractivity contribution in [3.05, 3.63) is 52.8 Å². The predicted molar refractivity (Wildman–Crippen MR) is 69.4 cm³/mol. The van der Waals surface area contributed by atoms with E-state index in [-0.39, 0.29) is 5.56 Å². The van der Waals surface area contributed by atoms with Crippen LogP contribution >= 0.6 is 0 Å². The van der Waals surface area contributed by atoms with Crippen LogP contribution in [0.5, 0.6) is 0 Å². The van der Waals surface area contributed by atoms with Gasteiger partial charge in [0.2, 0.25) is 0 Å². The SMILES string of the molecule is Cc1ccc2cc(-c3cnco3)n(C)c(=O)c2c1. The Morgan fingerprint density at radius 1 is 1.28 bits per heavy atom. The average Bonchev–Trinajstić information content (AvgIpc) is 2.88. The standard InChI is InChI=1S/C14H12N2O2/c1-9-3-4-10-6-12(13-7-15-8-18-13)16(2)14(17)11(10)5-9/h3-8H,1-2H3. The van der Waals surface area contributed by atoms with Crippen molar-refractivity contribution < 1.29 is 4.42 Å². The maximum Gasteiger partial charge on any atom is 0.258 e. The van der Waals surface area contributed by atoms with E-state index in [4.69, 9.17) is 4.42 Å². The molecule has 0 bridgehead atoms. The largest absolute Gasteiger partial charge is 0.442 e. The molecule has 2 heterocycles. The number of rotatable bonds is 1. The smallest absolute Gasteiger partial charge is 0.258 e. The minimum absolute atomic E-state index is 0.0254. The zero-order chi connectivity index (χ0) is 12.7. The summed E-state index contributed by atoms with van der Waals surface area (Å²) >= 11 is 0. The second kappa shape index (κ2) is 3.84. The first-order chi connectivity index (χ1) is 8.66. The van der Waals surface area contributed by atoms with Crippen molar-refractivity contribution in [3.63, 3.8) is 0 Å². The quantitative estimate of drug-likeness (QED) is 0.656. The number of hydrogen-bond donors (Lipinski definition) is 0. The number of benzene rings is 1. The van der Waals surface area contributed by atoms with Gasteiger partial charge in [-0.05, 0) is 24.4 Å². The van der Waals surface area contributed by atoms with Gasteiger partial charge in [-0.1, -0.05) is 17.7 Å². The van der Waals surface area contributed by atoms with E-state index in [1.807, 2.05) is 31.2 Å². The molecule has 2 aromatic heterocycles. The fourth-order valence-corrected chi connectivity index (χ4v) is 2.09. The average molecular weight is 240 g/mol. The van der Waals surface area contributed by atoms with E-state index < -0.39 is 0 Å². The molecular formula is C14H12N2O2. The Bertz CT molecular complexity index is 770. The van der Waals surface area contributed by atoms with E-state index in [1.165, 1.54) is 6.39 Å². The van der Waals surface area contributed by atoms with Gasteiger partial charge < -0.3 is 8.98 Å². The molecule has 18 heavy (non-hydrogen) atoms. The molecule has 0 spiro atoms. The normalized spacial score (nSPS) is 11.0. The van der Waals surface area contributed by atoms with Crippen molar-refractivity contribution in [1.82, 2.24) is 9.55 Å².